The van der Waals surface area contributed by atoms with Crippen molar-refractivity contribution in [3.8, 4) is 0 Å². The van der Waals surface area contributed by atoms with E-state index in [-0.39, 0.29) is 5.97 Å². The first-order valence-corrected chi connectivity index (χ1v) is 4.95. The highest BCUT2D eigenvalue weighted by atomic mass is 16.5. The molecule has 2 bridgehead atoms. The molecule has 5 unspecified atom stereocenters. The van der Waals surface area contributed by atoms with Crippen LogP contribution >= 0.6 is 0 Å². The molecule has 3 fully saturated rings. The molecule has 0 amide bonds. The molecule has 0 N–H and O–H groups in total. The third-order valence-electron chi connectivity index (χ3n) is 4.35. The molecule has 2 nitrogen and oxygen atoms in total. The van der Waals surface area contributed by atoms with Gasteiger partial charge >= 0.3 is 5.97 Å². The highest BCUT2D eigenvalue weighted by molar-refractivity contribution is 5.76. The monoisotopic (exact) mass is 166 g/mol. The normalized spacial score (nSPS) is 55.8. The largest absolute Gasteiger partial charge is 0.465 e. The summed E-state index contributed by atoms with van der Waals surface area (Å²) in [5.41, 5.74) is 0. The minimum atomic E-state index is 0.0963. The molecule has 0 aromatic heterocycles. The molecule has 2 aliphatic carbocycles. The Morgan fingerprint density at radius 3 is 2.75 bits per heavy atom. The molecule has 3 rings (SSSR count). The van der Waals surface area contributed by atoms with Gasteiger partial charge in [-0.2, -0.15) is 0 Å². The van der Waals surface area contributed by atoms with Crippen molar-refractivity contribution in [1.29, 1.82) is 0 Å². The molecule has 0 aromatic rings. The first-order chi connectivity index (χ1) is 5.79. The van der Waals surface area contributed by atoms with Crippen LogP contribution in [0.4, 0.5) is 0 Å². The van der Waals surface area contributed by atoms with E-state index in [1.165, 1.54) is 12.8 Å². The minimum absolute atomic E-state index is 0.0963. The van der Waals surface area contributed by atoms with Crippen molar-refractivity contribution in [2.24, 2.45) is 29.6 Å². The van der Waals surface area contributed by atoms with Crippen molar-refractivity contribution >= 4 is 5.97 Å². The molecule has 3 aliphatic rings. The van der Waals surface area contributed by atoms with Gasteiger partial charge in [0.1, 0.15) is 0 Å². The minimum Gasteiger partial charge on any atom is -0.465 e. The Bertz CT molecular complexity index is 234. The molecule has 1 heterocycles. The number of carbonyl (C=O) groups is 1. The lowest BCUT2D eigenvalue weighted by Crippen LogP contribution is -2.22. The number of esters is 1. The second-order valence-corrected chi connectivity index (χ2v) is 4.58. The quantitative estimate of drug-likeness (QED) is 0.509. The van der Waals surface area contributed by atoms with E-state index in [4.69, 9.17) is 4.74 Å². The predicted molar refractivity (Wildman–Crippen MR) is 43.3 cm³/mol. The Morgan fingerprint density at radius 1 is 1.25 bits per heavy atom. The Morgan fingerprint density at radius 2 is 2.00 bits per heavy atom. The van der Waals surface area contributed by atoms with Gasteiger partial charge in [-0.1, -0.05) is 6.92 Å². The Hall–Kier alpha value is -0.530. The number of ether oxygens (including phenoxy) is 1. The van der Waals surface area contributed by atoms with Crippen molar-refractivity contribution in [3.05, 3.63) is 0 Å². The van der Waals surface area contributed by atoms with Crippen LogP contribution < -0.4 is 0 Å². The van der Waals surface area contributed by atoms with Crippen LogP contribution in [0.1, 0.15) is 19.8 Å². The zero-order valence-corrected chi connectivity index (χ0v) is 7.32. The van der Waals surface area contributed by atoms with Crippen LogP contribution in [0.25, 0.3) is 0 Å². The predicted octanol–water partition coefficient (Wildman–Crippen LogP) is 1.45. The molecule has 0 aromatic carbocycles. The molecule has 0 spiro atoms. The molecule has 1 aliphatic heterocycles. The number of hydrogen-bond acceptors (Lipinski definition) is 2. The summed E-state index contributed by atoms with van der Waals surface area (Å²) in [5.74, 6) is 3.22. The Kier molecular flexibility index (Phi) is 1.18. The van der Waals surface area contributed by atoms with Gasteiger partial charge in [0.05, 0.1) is 12.5 Å². The summed E-state index contributed by atoms with van der Waals surface area (Å²) in [6.45, 7) is 3.03. The fourth-order valence-electron chi connectivity index (χ4n) is 3.77. The summed E-state index contributed by atoms with van der Waals surface area (Å²) in [4.78, 5) is 11.4. The van der Waals surface area contributed by atoms with E-state index in [1.54, 1.807) is 0 Å². The Balaban J connectivity index is 1.98. The summed E-state index contributed by atoms with van der Waals surface area (Å²) < 4.78 is 5.11. The molecular formula is C10H14O2. The number of rotatable bonds is 0. The van der Waals surface area contributed by atoms with E-state index in [9.17, 15) is 4.79 Å². The lowest BCUT2D eigenvalue weighted by Gasteiger charge is -2.19. The van der Waals surface area contributed by atoms with Crippen molar-refractivity contribution in [2.45, 2.75) is 19.8 Å². The van der Waals surface area contributed by atoms with E-state index < -0.39 is 0 Å². The van der Waals surface area contributed by atoms with Gasteiger partial charge in [0.2, 0.25) is 0 Å². The summed E-state index contributed by atoms with van der Waals surface area (Å²) in [6, 6.07) is 0. The van der Waals surface area contributed by atoms with Crippen LogP contribution in [-0.2, 0) is 9.53 Å². The van der Waals surface area contributed by atoms with Crippen molar-refractivity contribution in [3.63, 3.8) is 0 Å². The number of hydrogen-bond donors (Lipinski definition) is 0. The molecule has 2 heteroatoms. The van der Waals surface area contributed by atoms with Gasteiger partial charge in [-0.15, -0.1) is 0 Å². The third kappa shape index (κ3) is 0.606. The topological polar surface area (TPSA) is 26.3 Å². The van der Waals surface area contributed by atoms with Gasteiger partial charge in [-0.05, 0) is 30.6 Å². The number of cyclic esters (lactones) is 1. The smallest absolute Gasteiger partial charge is 0.309 e. The van der Waals surface area contributed by atoms with Gasteiger partial charge < -0.3 is 4.74 Å². The SMILES string of the molecule is CC1C2CCC1C1C(=O)OCC21. The van der Waals surface area contributed by atoms with Gasteiger partial charge in [0.15, 0.2) is 0 Å². The van der Waals surface area contributed by atoms with E-state index in [1.807, 2.05) is 0 Å². The summed E-state index contributed by atoms with van der Waals surface area (Å²) in [5, 5.41) is 0. The maximum absolute atomic E-state index is 11.4. The lowest BCUT2D eigenvalue weighted by atomic mass is 9.81. The van der Waals surface area contributed by atoms with Crippen LogP contribution in [0, 0.1) is 29.6 Å². The van der Waals surface area contributed by atoms with Crippen LogP contribution in [0.5, 0.6) is 0 Å². The average Bonchev–Trinajstić information content (AvgIpc) is 2.66. The fourth-order valence-corrected chi connectivity index (χ4v) is 3.77. The van der Waals surface area contributed by atoms with E-state index in [0.29, 0.717) is 17.8 Å². The first kappa shape index (κ1) is 6.93. The second-order valence-electron chi connectivity index (χ2n) is 4.58. The standard InChI is InChI=1S/C10H14O2/c1-5-6-2-3-7(5)9-8(6)4-12-10(9)11/h5-9H,2-4H2,1H3. The molecule has 1 saturated heterocycles. The van der Waals surface area contributed by atoms with Crippen LogP contribution in [0.15, 0.2) is 0 Å². The number of fused-ring (bicyclic) bond motifs is 5. The first-order valence-electron chi connectivity index (χ1n) is 4.95. The summed E-state index contributed by atoms with van der Waals surface area (Å²) in [6.07, 6.45) is 2.60. The second kappa shape index (κ2) is 2.04. The van der Waals surface area contributed by atoms with Gasteiger partial charge in [-0.25, -0.2) is 0 Å². The molecule has 66 valence electrons. The maximum atomic E-state index is 11.4. The third-order valence-corrected chi connectivity index (χ3v) is 4.35. The highest BCUT2D eigenvalue weighted by Crippen LogP contribution is 2.58. The van der Waals surface area contributed by atoms with Gasteiger partial charge in [0, 0.05) is 5.92 Å². The van der Waals surface area contributed by atoms with Crippen molar-refractivity contribution in [1.82, 2.24) is 0 Å². The van der Waals surface area contributed by atoms with E-state index in [2.05, 4.69) is 6.92 Å². The van der Waals surface area contributed by atoms with Gasteiger partial charge in [-0.3, -0.25) is 4.79 Å². The van der Waals surface area contributed by atoms with Crippen molar-refractivity contribution in [2.75, 3.05) is 6.61 Å². The Labute approximate surface area is 72.3 Å². The van der Waals surface area contributed by atoms with E-state index in [0.717, 1.165) is 18.4 Å². The lowest BCUT2D eigenvalue weighted by molar-refractivity contribution is -0.142. The van der Waals surface area contributed by atoms with Crippen LogP contribution in [0.3, 0.4) is 0 Å². The molecule has 12 heavy (non-hydrogen) atoms. The zero-order chi connectivity index (χ0) is 8.29. The molecular weight excluding hydrogens is 152 g/mol. The van der Waals surface area contributed by atoms with Crippen LogP contribution in [0.2, 0.25) is 0 Å². The maximum Gasteiger partial charge on any atom is 0.309 e. The summed E-state index contributed by atoms with van der Waals surface area (Å²) in [7, 11) is 0. The van der Waals surface area contributed by atoms with Crippen LogP contribution in [-0.4, -0.2) is 12.6 Å². The molecule has 0 radical (unpaired) electrons. The van der Waals surface area contributed by atoms with E-state index >= 15 is 0 Å². The van der Waals surface area contributed by atoms with Crippen molar-refractivity contribution < 1.29 is 9.53 Å². The molecule has 5 atom stereocenters. The highest BCUT2D eigenvalue weighted by Gasteiger charge is 2.58. The summed E-state index contributed by atoms with van der Waals surface area (Å²) >= 11 is 0. The fraction of sp³-hybridized carbons (Fsp3) is 0.900. The van der Waals surface area contributed by atoms with Gasteiger partial charge in [0.25, 0.3) is 0 Å². The number of carbonyl (C=O) groups excluding carboxylic acids is 1. The molecule has 2 saturated carbocycles. The zero-order valence-electron chi connectivity index (χ0n) is 7.32. The average molecular weight is 166 g/mol.